The van der Waals surface area contributed by atoms with Crippen LogP contribution in [0.2, 0.25) is 5.02 Å². The summed E-state index contributed by atoms with van der Waals surface area (Å²) in [5.74, 6) is -0.170. The number of hydrogen-bond donors (Lipinski definition) is 0. The van der Waals surface area contributed by atoms with Crippen molar-refractivity contribution in [3.63, 3.8) is 0 Å². The summed E-state index contributed by atoms with van der Waals surface area (Å²) in [7, 11) is -2.59. The highest BCUT2D eigenvalue weighted by atomic mass is 35.5. The molecular formula is C24H28ClN3O5S. The van der Waals surface area contributed by atoms with Crippen LogP contribution in [0.5, 0.6) is 5.75 Å². The van der Waals surface area contributed by atoms with Crippen molar-refractivity contribution >= 4 is 33.4 Å². The molecule has 2 fully saturated rings. The number of likely N-dealkylation sites (N-methyl/N-ethyl adjacent to an activating group) is 1. The molecule has 0 spiro atoms. The number of fused-ring (bicyclic) bond motifs is 1. The lowest BCUT2D eigenvalue weighted by atomic mass is 9.98. The molecule has 2 unspecified atom stereocenters. The van der Waals surface area contributed by atoms with Crippen LogP contribution in [0.3, 0.4) is 0 Å². The Morgan fingerprint density at radius 2 is 1.82 bits per heavy atom. The SMILES string of the molecule is CCN1CC2N(C(=O)CCN2S(=O)(=O)c2cc(C)ccc2OC)C(Cc2ccc(Cl)cc2)C1=O. The second kappa shape index (κ2) is 9.56. The molecule has 0 bridgehead atoms. The Morgan fingerprint density at radius 3 is 2.47 bits per heavy atom. The number of sulfonamides is 1. The molecule has 2 saturated heterocycles. The zero-order valence-corrected chi connectivity index (χ0v) is 21.0. The summed E-state index contributed by atoms with van der Waals surface area (Å²) >= 11 is 6.00. The van der Waals surface area contributed by atoms with Crippen molar-refractivity contribution in [1.82, 2.24) is 14.1 Å². The zero-order valence-electron chi connectivity index (χ0n) is 19.4. The van der Waals surface area contributed by atoms with E-state index in [1.165, 1.54) is 16.3 Å². The van der Waals surface area contributed by atoms with Crippen molar-refractivity contribution in [2.45, 2.75) is 43.8 Å². The Hall–Kier alpha value is -2.62. The van der Waals surface area contributed by atoms with E-state index < -0.39 is 22.2 Å². The second-order valence-electron chi connectivity index (χ2n) is 8.52. The van der Waals surface area contributed by atoms with Crippen molar-refractivity contribution in [3.05, 3.63) is 58.6 Å². The molecule has 34 heavy (non-hydrogen) atoms. The summed E-state index contributed by atoms with van der Waals surface area (Å²) in [5, 5.41) is 0.574. The monoisotopic (exact) mass is 505 g/mol. The number of carbonyl (C=O) groups is 2. The molecule has 2 amide bonds. The van der Waals surface area contributed by atoms with Gasteiger partial charge in [-0.2, -0.15) is 4.31 Å². The van der Waals surface area contributed by atoms with Gasteiger partial charge in [-0.25, -0.2) is 8.42 Å². The predicted octanol–water partition coefficient (Wildman–Crippen LogP) is 2.68. The number of hydrogen-bond acceptors (Lipinski definition) is 5. The Balaban J connectivity index is 1.75. The van der Waals surface area contributed by atoms with Gasteiger partial charge in [0.15, 0.2) is 0 Å². The average molecular weight is 506 g/mol. The van der Waals surface area contributed by atoms with E-state index in [0.717, 1.165) is 11.1 Å². The van der Waals surface area contributed by atoms with E-state index in [4.69, 9.17) is 16.3 Å². The first-order valence-corrected chi connectivity index (χ1v) is 13.0. The van der Waals surface area contributed by atoms with Gasteiger partial charge in [-0.1, -0.05) is 29.8 Å². The Labute approximate surface area is 205 Å². The number of nitrogens with zero attached hydrogens (tertiary/aromatic N) is 3. The molecule has 0 radical (unpaired) electrons. The third-order valence-electron chi connectivity index (χ3n) is 6.43. The molecule has 2 aliphatic rings. The molecule has 4 rings (SSSR count). The van der Waals surface area contributed by atoms with Gasteiger partial charge in [0, 0.05) is 31.0 Å². The third kappa shape index (κ3) is 4.39. The van der Waals surface area contributed by atoms with Crippen LogP contribution in [0, 0.1) is 6.92 Å². The summed E-state index contributed by atoms with van der Waals surface area (Å²) in [6.45, 7) is 4.23. The number of amides is 2. The highest BCUT2D eigenvalue weighted by molar-refractivity contribution is 7.89. The van der Waals surface area contributed by atoms with Gasteiger partial charge >= 0.3 is 0 Å². The lowest BCUT2D eigenvalue weighted by Crippen LogP contribution is -2.71. The summed E-state index contributed by atoms with van der Waals surface area (Å²) < 4.78 is 34.4. The first-order valence-electron chi connectivity index (χ1n) is 11.2. The minimum absolute atomic E-state index is 0.000381. The zero-order chi connectivity index (χ0) is 24.6. The van der Waals surface area contributed by atoms with Crippen LogP contribution in [0.4, 0.5) is 0 Å². The summed E-state index contributed by atoms with van der Waals surface area (Å²) in [6.07, 6.45) is -0.525. The van der Waals surface area contributed by atoms with E-state index in [9.17, 15) is 18.0 Å². The quantitative estimate of drug-likeness (QED) is 0.602. The fraction of sp³-hybridized carbons (Fsp3) is 0.417. The maximum Gasteiger partial charge on any atom is 0.248 e. The van der Waals surface area contributed by atoms with Crippen molar-refractivity contribution in [2.75, 3.05) is 26.7 Å². The number of rotatable bonds is 6. The molecule has 0 aliphatic carbocycles. The van der Waals surface area contributed by atoms with E-state index in [1.54, 1.807) is 35.2 Å². The molecule has 2 heterocycles. The summed E-state index contributed by atoms with van der Waals surface area (Å²) in [6, 6.07) is 11.3. The van der Waals surface area contributed by atoms with Crippen molar-refractivity contribution in [2.24, 2.45) is 0 Å². The van der Waals surface area contributed by atoms with Gasteiger partial charge < -0.3 is 14.5 Å². The van der Waals surface area contributed by atoms with E-state index in [-0.39, 0.29) is 48.4 Å². The van der Waals surface area contributed by atoms with Crippen molar-refractivity contribution < 1.29 is 22.7 Å². The largest absolute Gasteiger partial charge is 0.495 e. The number of carbonyl (C=O) groups excluding carboxylic acids is 2. The fourth-order valence-electron chi connectivity index (χ4n) is 4.67. The summed E-state index contributed by atoms with van der Waals surface area (Å²) in [4.78, 5) is 29.6. The van der Waals surface area contributed by atoms with Gasteiger partial charge in [-0.15, -0.1) is 0 Å². The Kier molecular flexibility index (Phi) is 6.89. The second-order valence-corrected chi connectivity index (χ2v) is 10.8. The minimum Gasteiger partial charge on any atom is -0.495 e. The first-order chi connectivity index (χ1) is 16.2. The molecule has 10 heteroatoms. The highest BCUT2D eigenvalue weighted by Crippen LogP contribution is 2.34. The number of ether oxygens (including phenoxy) is 1. The maximum absolute atomic E-state index is 13.8. The molecule has 0 saturated carbocycles. The third-order valence-corrected chi connectivity index (χ3v) is 8.60. The molecule has 2 aromatic carbocycles. The number of methoxy groups -OCH3 is 1. The molecule has 2 atom stereocenters. The Bertz CT molecular complexity index is 1200. The van der Waals surface area contributed by atoms with Gasteiger partial charge in [0.05, 0.1) is 13.7 Å². The smallest absolute Gasteiger partial charge is 0.248 e. The topological polar surface area (TPSA) is 87.2 Å². The number of halogens is 1. The fourth-order valence-corrected chi connectivity index (χ4v) is 6.61. The maximum atomic E-state index is 13.8. The van der Waals surface area contributed by atoms with E-state index >= 15 is 0 Å². The molecule has 8 nitrogen and oxygen atoms in total. The van der Waals surface area contributed by atoms with Gasteiger partial charge in [0.2, 0.25) is 21.8 Å². The molecular weight excluding hydrogens is 478 g/mol. The lowest BCUT2D eigenvalue weighted by molar-refractivity contribution is -0.164. The lowest BCUT2D eigenvalue weighted by Gasteiger charge is -2.51. The van der Waals surface area contributed by atoms with Crippen LogP contribution in [0.15, 0.2) is 47.4 Å². The van der Waals surface area contributed by atoms with Crippen LogP contribution >= 0.6 is 11.6 Å². The van der Waals surface area contributed by atoms with Crippen LogP contribution in [0.25, 0.3) is 0 Å². The van der Waals surface area contributed by atoms with Crippen LogP contribution in [-0.4, -0.2) is 73.3 Å². The van der Waals surface area contributed by atoms with Gasteiger partial charge in [-0.3, -0.25) is 9.59 Å². The highest BCUT2D eigenvalue weighted by Gasteiger charge is 2.50. The van der Waals surface area contributed by atoms with E-state index in [2.05, 4.69) is 0 Å². The van der Waals surface area contributed by atoms with Gasteiger partial charge in [-0.05, 0) is 49.2 Å². The molecule has 0 aromatic heterocycles. The van der Waals surface area contributed by atoms with Crippen LogP contribution in [0.1, 0.15) is 24.5 Å². The first kappa shape index (κ1) is 24.5. The van der Waals surface area contributed by atoms with E-state index in [1.807, 2.05) is 26.0 Å². The predicted molar refractivity (Wildman–Crippen MR) is 128 cm³/mol. The average Bonchev–Trinajstić information content (AvgIpc) is 2.81. The molecule has 2 aliphatic heterocycles. The number of piperazine rings is 1. The standard InChI is InChI=1S/C24H28ClN3O5S/c1-4-26-15-22-27(34(31,32)21-13-16(2)5-10-20(21)33-3)12-11-23(29)28(22)19(24(26)30)14-17-6-8-18(25)9-7-17/h5-10,13,19,22H,4,11-12,14-15H2,1-3H3. The number of aryl methyl sites for hydroxylation is 1. The van der Waals surface area contributed by atoms with Crippen LogP contribution < -0.4 is 4.74 Å². The minimum atomic E-state index is -4.01. The molecule has 0 N–H and O–H groups in total. The Morgan fingerprint density at radius 1 is 1.12 bits per heavy atom. The normalized spacial score (nSPS) is 21.5. The van der Waals surface area contributed by atoms with Crippen LogP contribution in [-0.2, 0) is 26.0 Å². The molecule has 182 valence electrons. The molecule has 2 aromatic rings. The summed E-state index contributed by atoms with van der Waals surface area (Å²) in [5.41, 5.74) is 1.62. The van der Waals surface area contributed by atoms with Crippen molar-refractivity contribution in [1.29, 1.82) is 0 Å². The van der Waals surface area contributed by atoms with E-state index in [0.29, 0.717) is 11.6 Å². The number of benzene rings is 2. The van der Waals surface area contributed by atoms with Gasteiger partial charge in [0.25, 0.3) is 0 Å². The van der Waals surface area contributed by atoms with Gasteiger partial charge in [0.1, 0.15) is 22.9 Å². The van der Waals surface area contributed by atoms with Crippen molar-refractivity contribution in [3.8, 4) is 5.75 Å².